The van der Waals surface area contributed by atoms with E-state index >= 15 is 0 Å². The maximum absolute atomic E-state index is 12.5. The Hall–Kier alpha value is -3.39. The first-order chi connectivity index (χ1) is 14.7. The second kappa shape index (κ2) is 9.61. The van der Waals surface area contributed by atoms with E-state index in [1.165, 1.54) is 6.92 Å². The molecule has 0 spiro atoms. The molecule has 8 heteroatoms. The van der Waals surface area contributed by atoms with Crippen LogP contribution >= 0.6 is 0 Å². The number of carbonyl (C=O) groups excluding carboxylic acids is 2. The van der Waals surface area contributed by atoms with Crippen molar-refractivity contribution in [2.75, 3.05) is 48.3 Å². The largest absolute Gasteiger partial charge is 0.478 e. The molecule has 0 radical (unpaired) electrons. The van der Waals surface area contributed by atoms with Gasteiger partial charge in [-0.05, 0) is 43.2 Å². The summed E-state index contributed by atoms with van der Waals surface area (Å²) in [5.74, 6) is -1.45. The summed E-state index contributed by atoms with van der Waals surface area (Å²) >= 11 is 0. The average molecular weight is 425 g/mol. The smallest absolute Gasteiger partial charge is 0.337 e. The average Bonchev–Trinajstić information content (AvgIpc) is 2.71. The normalized spacial score (nSPS) is 14.2. The number of hydrogen-bond donors (Lipinski definition) is 3. The third-order valence-corrected chi connectivity index (χ3v) is 5.39. The molecule has 0 bridgehead atoms. The van der Waals surface area contributed by atoms with Gasteiger partial charge in [0, 0.05) is 44.5 Å². The maximum Gasteiger partial charge on any atom is 0.337 e. The SMILES string of the molecule is CC(=O)Nc1ccc(N2CCN(CC(=O)Nc3c(C)cccc3C)CC2)cc1C(=O)O. The molecule has 1 saturated heterocycles. The molecule has 3 N–H and O–H groups in total. The summed E-state index contributed by atoms with van der Waals surface area (Å²) in [4.78, 5) is 39.6. The lowest BCUT2D eigenvalue weighted by Crippen LogP contribution is -2.48. The van der Waals surface area contributed by atoms with Gasteiger partial charge in [0.15, 0.2) is 0 Å². The third-order valence-electron chi connectivity index (χ3n) is 5.39. The van der Waals surface area contributed by atoms with Gasteiger partial charge < -0.3 is 20.6 Å². The van der Waals surface area contributed by atoms with Crippen molar-refractivity contribution in [3.8, 4) is 0 Å². The number of hydrogen-bond acceptors (Lipinski definition) is 5. The van der Waals surface area contributed by atoms with Crippen LogP contribution < -0.4 is 15.5 Å². The lowest BCUT2D eigenvalue weighted by molar-refractivity contribution is -0.117. The fourth-order valence-electron chi connectivity index (χ4n) is 3.76. The van der Waals surface area contributed by atoms with Gasteiger partial charge >= 0.3 is 5.97 Å². The Kier molecular flexibility index (Phi) is 6.91. The zero-order valence-corrected chi connectivity index (χ0v) is 18.1. The van der Waals surface area contributed by atoms with Crippen molar-refractivity contribution in [3.05, 3.63) is 53.1 Å². The number of para-hydroxylation sites is 1. The standard InChI is InChI=1S/C23H28N4O4/c1-15-5-4-6-16(2)22(15)25-21(29)14-26-9-11-27(12-10-26)18-7-8-20(24-17(3)28)19(13-18)23(30)31/h4-8,13H,9-12,14H2,1-3H3,(H,24,28)(H,25,29)(H,30,31). The van der Waals surface area contributed by atoms with Gasteiger partial charge in [-0.3, -0.25) is 14.5 Å². The van der Waals surface area contributed by atoms with Gasteiger partial charge in [-0.25, -0.2) is 4.79 Å². The van der Waals surface area contributed by atoms with E-state index in [0.717, 1.165) is 22.5 Å². The zero-order valence-electron chi connectivity index (χ0n) is 18.1. The fraction of sp³-hybridized carbons (Fsp3) is 0.348. The van der Waals surface area contributed by atoms with Crippen LogP contribution in [0.2, 0.25) is 0 Å². The van der Waals surface area contributed by atoms with E-state index in [4.69, 9.17) is 0 Å². The van der Waals surface area contributed by atoms with E-state index in [-0.39, 0.29) is 23.1 Å². The van der Waals surface area contributed by atoms with Crippen LogP contribution in [0.4, 0.5) is 17.1 Å². The minimum Gasteiger partial charge on any atom is -0.478 e. The molecule has 0 saturated carbocycles. The number of amides is 2. The Bertz CT molecular complexity index is 977. The predicted octanol–water partition coefficient (Wildman–Crippen LogP) is 2.72. The summed E-state index contributed by atoms with van der Waals surface area (Å²) in [5.41, 5.74) is 4.07. The van der Waals surface area contributed by atoms with Crippen molar-refractivity contribution in [2.45, 2.75) is 20.8 Å². The molecule has 0 unspecified atom stereocenters. The molecule has 1 heterocycles. The molecular formula is C23H28N4O4. The molecule has 2 aromatic rings. The number of carbonyl (C=O) groups is 3. The highest BCUT2D eigenvalue weighted by Gasteiger charge is 2.21. The monoisotopic (exact) mass is 424 g/mol. The highest BCUT2D eigenvalue weighted by molar-refractivity contribution is 6.00. The van der Waals surface area contributed by atoms with E-state index in [0.29, 0.717) is 32.7 Å². The fourth-order valence-corrected chi connectivity index (χ4v) is 3.76. The molecule has 0 aromatic heterocycles. The number of anilines is 3. The molecule has 8 nitrogen and oxygen atoms in total. The summed E-state index contributed by atoms with van der Waals surface area (Å²) in [7, 11) is 0. The van der Waals surface area contributed by atoms with E-state index in [9.17, 15) is 19.5 Å². The predicted molar refractivity (Wildman–Crippen MR) is 121 cm³/mol. The maximum atomic E-state index is 12.5. The van der Waals surface area contributed by atoms with Gasteiger partial charge in [0.05, 0.1) is 17.8 Å². The van der Waals surface area contributed by atoms with E-state index < -0.39 is 5.97 Å². The summed E-state index contributed by atoms with van der Waals surface area (Å²) < 4.78 is 0. The number of aromatic carboxylic acids is 1. The van der Waals surface area contributed by atoms with Crippen molar-refractivity contribution in [3.63, 3.8) is 0 Å². The minimum atomic E-state index is -1.09. The molecule has 1 aliphatic heterocycles. The zero-order chi connectivity index (χ0) is 22.5. The van der Waals surface area contributed by atoms with Crippen molar-refractivity contribution < 1.29 is 19.5 Å². The Labute approximate surface area is 181 Å². The number of nitrogens with one attached hydrogen (secondary N) is 2. The number of benzene rings is 2. The van der Waals surface area contributed by atoms with Crippen molar-refractivity contribution >= 4 is 34.8 Å². The second-order valence-electron chi connectivity index (χ2n) is 7.79. The van der Waals surface area contributed by atoms with Crippen LogP contribution in [-0.4, -0.2) is 60.5 Å². The molecule has 3 rings (SSSR count). The molecule has 31 heavy (non-hydrogen) atoms. The molecule has 1 fully saturated rings. The van der Waals surface area contributed by atoms with Gasteiger partial charge in [0.2, 0.25) is 11.8 Å². The summed E-state index contributed by atoms with van der Waals surface area (Å²) in [6.07, 6.45) is 0. The number of carboxylic acids is 1. The number of rotatable bonds is 6. The number of aryl methyl sites for hydroxylation is 2. The lowest BCUT2D eigenvalue weighted by atomic mass is 10.1. The van der Waals surface area contributed by atoms with Gasteiger partial charge in [-0.15, -0.1) is 0 Å². The molecule has 1 aliphatic rings. The minimum absolute atomic E-state index is 0.0429. The topological polar surface area (TPSA) is 102 Å². The third kappa shape index (κ3) is 5.61. The molecular weight excluding hydrogens is 396 g/mol. The molecule has 2 amide bonds. The van der Waals surface area contributed by atoms with Crippen molar-refractivity contribution in [2.24, 2.45) is 0 Å². The van der Waals surface area contributed by atoms with Crippen LogP contribution in [0.1, 0.15) is 28.4 Å². The Morgan fingerprint density at radius 3 is 2.19 bits per heavy atom. The highest BCUT2D eigenvalue weighted by Crippen LogP contribution is 2.25. The molecule has 0 atom stereocenters. The van der Waals surface area contributed by atoms with E-state index in [1.807, 2.05) is 32.0 Å². The van der Waals surface area contributed by atoms with Gasteiger partial charge in [-0.1, -0.05) is 18.2 Å². The summed E-state index contributed by atoms with van der Waals surface area (Å²) in [6, 6.07) is 10.9. The molecule has 164 valence electrons. The van der Waals surface area contributed by atoms with Crippen LogP contribution in [-0.2, 0) is 9.59 Å². The lowest BCUT2D eigenvalue weighted by Gasteiger charge is -2.36. The van der Waals surface area contributed by atoms with Gasteiger partial charge in [0.25, 0.3) is 0 Å². The van der Waals surface area contributed by atoms with E-state index in [1.54, 1.807) is 18.2 Å². The first-order valence-corrected chi connectivity index (χ1v) is 10.2. The quantitative estimate of drug-likeness (QED) is 0.659. The molecule has 0 aliphatic carbocycles. The number of piperazine rings is 1. The highest BCUT2D eigenvalue weighted by atomic mass is 16.4. The Balaban J connectivity index is 1.59. The summed E-state index contributed by atoms with van der Waals surface area (Å²) in [5, 5.41) is 15.0. The summed E-state index contributed by atoms with van der Waals surface area (Å²) in [6.45, 7) is 8.34. The van der Waals surface area contributed by atoms with Crippen LogP contribution in [0.5, 0.6) is 0 Å². The van der Waals surface area contributed by atoms with E-state index in [2.05, 4.69) is 20.4 Å². The first-order valence-electron chi connectivity index (χ1n) is 10.2. The van der Waals surface area contributed by atoms with Gasteiger partial charge in [0.1, 0.15) is 0 Å². The van der Waals surface area contributed by atoms with Crippen LogP contribution in [0.3, 0.4) is 0 Å². The Morgan fingerprint density at radius 2 is 1.61 bits per heavy atom. The van der Waals surface area contributed by atoms with Crippen LogP contribution in [0, 0.1) is 13.8 Å². The number of nitrogens with zero attached hydrogens (tertiary/aromatic N) is 2. The first kappa shape index (κ1) is 22.3. The molecule has 2 aromatic carbocycles. The van der Waals surface area contributed by atoms with Gasteiger partial charge in [-0.2, -0.15) is 0 Å². The van der Waals surface area contributed by atoms with Crippen LogP contribution in [0.15, 0.2) is 36.4 Å². The number of carboxylic acid groups (broad SMARTS) is 1. The van der Waals surface area contributed by atoms with Crippen molar-refractivity contribution in [1.29, 1.82) is 0 Å². The second-order valence-corrected chi connectivity index (χ2v) is 7.79. The Morgan fingerprint density at radius 1 is 0.968 bits per heavy atom. The van der Waals surface area contributed by atoms with Crippen molar-refractivity contribution in [1.82, 2.24) is 4.90 Å². The van der Waals surface area contributed by atoms with Crippen LogP contribution in [0.25, 0.3) is 0 Å².